The van der Waals surface area contributed by atoms with Gasteiger partial charge in [0.05, 0.1) is 5.56 Å². The molecular weight excluding hydrogens is 380 g/mol. The van der Waals surface area contributed by atoms with Crippen molar-refractivity contribution in [3.05, 3.63) is 11.6 Å². The van der Waals surface area contributed by atoms with E-state index >= 15 is 0 Å². The van der Waals surface area contributed by atoms with Crippen LogP contribution in [0, 0.1) is 11.3 Å². The van der Waals surface area contributed by atoms with Gasteiger partial charge < -0.3 is 15.1 Å². The van der Waals surface area contributed by atoms with Crippen molar-refractivity contribution in [2.45, 2.75) is 0 Å². The molecule has 5 heterocycles. The van der Waals surface area contributed by atoms with Gasteiger partial charge in [-0.3, -0.25) is 0 Å². The van der Waals surface area contributed by atoms with Crippen LogP contribution in [0.1, 0.15) is 5.56 Å². The average Bonchev–Trinajstić information content (AvgIpc) is 3.11. The van der Waals surface area contributed by atoms with E-state index in [0.29, 0.717) is 5.56 Å². The average molecular weight is 399 g/mol. The predicted octanol–water partition coefficient (Wildman–Crippen LogP) is 1.47. The lowest BCUT2D eigenvalue weighted by Crippen LogP contribution is -2.44. The molecule has 8 nitrogen and oxygen atoms in total. The zero-order valence-corrected chi connectivity index (χ0v) is 16.3. The molecule has 0 amide bonds. The van der Waals surface area contributed by atoms with Gasteiger partial charge in [0.2, 0.25) is 0 Å². The van der Waals surface area contributed by atoms with Crippen LogP contribution in [0.5, 0.6) is 0 Å². The van der Waals surface area contributed by atoms with E-state index in [-0.39, 0.29) is 0 Å². The number of nitrogens with one attached hydrogen (secondary N) is 1. The molecule has 3 aromatic heterocycles. The second kappa shape index (κ2) is 7.07. The van der Waals surface area contributed by atoms with Gasteiger partial charge in [-0.15, -0.1) is 21.5 Å². The number of thiophene rings is 1. The zero-order valence-electron chi connectivity index (χ0n) is 14.7. The minimum Gasteiger partial charge on any atom is -0.354 e. The second-order valence-corrected chi connectivity index (χ2v) is 8.78. The fourth-order valence-electron chi connectivity index (χ4n) is 3.59. The normalized spacial score (nSPS) is 18.2. The van der Waals surface area contributed by atoms with Crippen molar-refractivity contribution in [3.8, 4) is 6.07 Å². The fraction of sp³-hybridized carbons (Fsp3) is 0.471. The van der Waals surface area contributed by atoms with Gasteiger partial charge in [0, 0.05) is 56.2 Å². The molecule has 10 heteroatoms. The number of fused-ring (bicyclic) bond motifs is 3. The monoisotopic (exact) mass is 398 g/mol. The van der Waals surface area contributed by atoms with Crippen LogP contribution in [-0.4, -0.2) is 71.2 Å². The molecule has 0 aromatic carbocycles. The van der Waals surface area contributed by atoms with Crippen molar-refractivity contribution in [1.29, 1.82) is 5.26 Å². The van der Waals surface area contributed by atoms with E-state index in [2.05, 4.69) is 36.6 Å². The molecule has 27 heavy (non-hydrogen) atoms. The highest BCUT2D eigenvalue weighted by atomic mass is 32.2. The molecule has 5 rings (SSSR count). The third-order valence-corrected chi connectivity index (χ3v) is 7.00. The molecule has 2 saturated heterocycles. The molecular formula is C17H18N8S2. The SMILES string of the molecule is N#Cc1cc2c(nc1N1CCSCC1)sc1c(N3CCNCC3)nnnc12. The first-order valence-electron chi connectivity index (χ1n) is 9.00. The topological polar surface area (TPSA) is 93.9 Å². The standard InChI is InChI=1S/C17H18N8S2/c18-10-11-9-12-13-14(16(22-23-21-13)24-3-1-19-2-4-24)27-17(12)20-15(11)25-5-7-26-8-6-25/h9,19H,1-8H2. The smallest absolute Gasteiger partial charge is 0.172 e. The van der Waals surface area contributed by atoms with Crippen LogP contribution in [0.4, 0.5) is 11.6 Å². The van der Waals surface area contributed by atoms with Gasteiger partial charge in [-0.25, -0.2) is 4.98 Å². The number of aromatic nitrogens is 4. The Bertz CT molecular complexity index is 1030. The molecule has 3 aromatic rings. The lowest BCUT2D eigenvalue weighted by atomic mass is 10.2. The van der Waals surface area contributed by atoms with Gasteiger partial charge in [-0.1, -0.05) is 0 Å². The molecule has 2 aliphatic heterocycles. The Morgan fingerprint density at radius 1 is 1.04 bits per heavy atom. The molecule has 0 aliphatic carbocycles. The number of thioether (sulfide) groups is 1. The van der Waals surface area contributed by atoms with Crippen LogP contribution in [0.15, 0.2) is 6.07 Å². The van der Waals surface area contributed by atoms with Gasteiger partial charge in [0.25, 0.3) is 0 Å². The van der Waals surface area contributed by atoms with E-state index in [1.807, 2.05) is 17.8 Å². The lowest BCUT2D eigenvalue weighted by molar-refractivity contribution is 0.583. The molecule has 0 bridgehead atoms. The molecule has 0 radical (unpaired) electrons. The summed E-state index contributed by atoms with van der Waals surface area (Å²) >= 11 is 3.54. The Morgan fingerprint density at radius 3 is 2.59 bits per heavy atom. The van der Waals surface area contributed by atoms with E-state index in [1.165, 1.54) is 0 Å². The van der Waals surface area contributed by atoms with Crippen LogP contribution in [-0.2, 0) is 0 Å². The maximum absolute atomic E-state index is 9.69. The van der Waals surface area contributed by atoms with E-state index in [9.17, 15) is 5.26 Å². The first kappa shape index (κ1) is 16.9. The number of nitriles is 1. The number of anilines is 2. The predicted molar refractivity (Wildman–Crippen MR) is 110 cm³/mol. The van der Waals surface area contributed by atoms with Crippen molar-refractivity contribution in [1.82, 2.24) is 25.7 Å². The third kappa shape index (κ3) is 2.96. The van der Waals surface area contributed by atoms with E-state index in [0.717, 1.165) is 82.8 Å². The summed E-state index contributed by atoms with van der Waals surface area (Å²) in [5.74, 6) is 3.81. The van der Waals surface area contributed by atoms with E-state index in [4.69, 9.17) is 4.98 Å². The first-order chi connectivity index (χ1) is 13.3. The Hall–Kier alpha value is -2.22. The Morgan fingerprint density at radius 2 is 1.81 bits per heavy atom. The highest BCUT2D eigenvalue weighted by molar-refractivity contribution is 7.99. The lowest BCUT2D eigenvalue weighted by Gasteiger charge is -2.28. The summed E-state index contributed by atoms with van der Waals surface area (Å²) in [5, 5.41) is 26.6. The zero-order chi connectivity index (χ0) is 18.2. The van der Waals surface area contributed by atoms with E-state index in [1.54, 1.807) is 11.3 Å². The quantitative estimate of drug-likeness (QED) is 0.688. The third-order valence-electron chi connectivity index (χ3n) is 4.97. The Labute approximate surface area is 164 Å². The summed E-state index contributed by atoms with van der Waals surface area (Å²) in [4.78, 5) is 10.2. The van der Waals surface area contributed by atoms with Gasteiger partial charge in [-0.2, -0.15) is 17.0 Å². The largest absolute Gasteiger partial charge is 0.354 e. The molecule has 138 valence electrons. The number of hydrogen-bond acceptors (Lipinski definition) is 10. The summed E-state index contributed by atoms with van der Waals surface area (Å²) in [6.45, 7) is 5.52. The number of rotatable bonds is 2. The summed E-state index contributed by atoms with van der Waals surface area (Å²) in [7, 11) is 0. The van der Waals surface area contributed by atoms with Crippen molar-refractivity contribution in [3.63, 3.8) is 0 Å². The van der Waals surface area contributed by atoms with Crippen LogP contribution in [0.25, 0.3) is 20.4 Å². The molecule has 2 aliphatic rings. The molecule has 0 atom stereocenters. The van der Waals surface area contributed by atoms with Crippen LogP contribution >= 0.6 is 23.1 Å². The fourth-order valence-corrected chi connectivity index (χ4v) is 5.59. The van der Waals surface area contributed by atoms with Gasteiger partial charge >= 0.3 is 0 Å². The minimum atomic E-state index is 0.608. The van der Waals surface area contributed by atoms with Crippen molar-refractivity contribution in [2.24, 2.45) is 0 Å². The number of pyridine rings is 1. The molecule has 1 N–H and O–H groups in total. The van der Waals surface area contributed by atoms with Gasteiger partial charge in [0.15, 0.2) is 5.82 Å². The number of piperazine rings is 1. The van der Waals surface area contributed by atoms with Crippen molar-refractivity contribution >= 4 is 55.2 Å². The molecule has 0 spiro atoms. The summed E-state index contributed by atoms with van der Waals surface area (Å²) in [6.07, 6.45) is 0. The first-order valence-corrected chi connectivity index (χ1v) is 11.0. The van der Waals surface area contributed by atoms with Gasteiger partial charge in [-0.05, 0) is 11.3 Å². The number of hydrogen-bond donors (Lipinski definition) is 1. The van der Waals surface area contributed by atoms with Gasteiger partial charge in [0.1, 0.15) is 26.9 Å². The summed E-state index contributed by atoms with van der Waals surface area (Å²) in [5.41, 5.74) is 1.40. The Balaban J connectivity index is 1.67. The second-order valence-electron chi connectivity index (χ2n) is 6.55. The highest BCUT2D eigenvalue weighted by Gasteiger charge is 2.23. The maximum atomic E-state index is 9.69. The van der Waals surface area contributed by atoms with Crippen molar-refractivity contribution in [2.75, 3.05) is 60.6 Å². The van der Waals surface area contributed by atoms with Crippen LogP contribution in [0.2, 0.25) is 0 Å². The molecule has 0 saturated carbocycles. The molecule has 0 unspecified atom stereocenters. The minimum absolute atomic E-state index is 0.608. The summed E-state index contributed by atoms with van der Waals surface area (Å²) in [6, 6.07) is 4.25. The van der Waals surface area contributed by atoms with Crippen LogP contribution in [0.3, 0.4) is 0 Å². The van der Waals surface area contributed by atoms with Crippen LogP contribution < -0.4 is 15.1 Å². The summed E-state index contributed by atoms with van der Waals surface area (Å²) < 4.78 is 1.00. The van der Waals surface area contributed by atoms with Crippen molar-refractivity contribution < 1.29 is 0 Å². The van der Waals surface area contributed by atoms with E-state index < -0.39 is 0 Å². The highest BCUT2D eigenvalue weighted by Crippen LogP contribution is 2.38. The maximum Gasteiger partial charge on any atom is 0.172 e. The molecule has 2 fully saturated rings. The number of nitrogens with zero attached hydrogens (tertiary/aromatic N) is 7. The Kier molecular flexibility index (Phi) is 4.43.